The summed E-state index contributed by atoms with van der Waals surface area (Å²) in [6.07, 6.45) is -1.26. The van der Waals surface area contributed by atoms with Crippen LogP contribution in [-0.4, -0.2) is 52.4 Å². The SMILES string of the molecule is CC(C)(C)OC(=O)N1CC[C@H](N2CCCc3cc(C(F)(F)F)cc(-c4ccnc5cc(CO)sc45)c32)C1. The molecule has 2 aliphatic heterocycles. The van der Waals surface area contributed by atoms with Crippen LogP contribution in [0.25, 0.3) is 21.3 Å². The minimum atomic E-state index is -4.48. The van der Waals surface area contributed by atoms with Crippen LogP contribution in [0.15, 0.2) is 30.5 Å². The first kappa shape index (κ1) is 25.8. The maximum atomic E-state index is 14.0. The summed E-state index contributed by atoms with van der Waals surface area (Å²) in [5.41, 5.74) is 2.02. The summed E-state index contributed by atoms with van der Waals surface area (Å²) in [6.45, 7) is 7.00. The summed E-state index contributed by atoms with van der Waals surface area (Å²) < 4.78 is 48.3. The van der Waals surface area contributed by atoms with Crippen LogP contribution < -0.4 is 4.90 Å². The van der Waals surface area contributed by atoms with Crippen LogP contribution in [0.1, 0.15) is 49.6 Å². The van der Waals surface area contributed by atoms with E-state index in [1.807, 2.05) is 20.8 Å². The van der Waals surface area contributed by atoms with Crippen molar-refractivity contribution in [1.29, 1.82) is 0 Å². The molecule has 1 aromatic carbocycles. The van der Waals surface area contributed by atoms with Gasteiger partial charge in [0.05, 0.1) is 22.4 Å². The van der Waals surface area contributed by atoms with Crippen molar-refractivity contribution < 1.29 is 27.8 Å². The number of likely N-dealkylation sites (tertiary alicyclic amines) is 1. The number of carbonyl (C=O) groups is 1. The lowest BCUT2D eigenvalue weighted by atomic mass is 9.90. The van der Waals surface area contributed by atoms with Crippen molar-refractivity contribution >= 4 is 33.3 Å². The standard InChI is InChI=1S/C27H30F3N3O3S/c1-26(2,3)36-25(35)32-10-7-18(14-32)33-9-4-5-16-11-17(27(28,29)30)12-21(23(16)33)20-6-8-31-22-13-19(15-34)37-24(20)22/h6,8,11-13,18,34H,4-5,7,9-10,14-15H2,1-3H3/t18-/m0/s1. The largest absolute Gasteiger partial charge is 0.444 e. The fourth-order valence-electron chi connectivity index (χ4n) is 5.28. The first-order valence-electron chi connectivity index (χ1n) is 12.4. The van der Waals surface area contributed by atoms with E-state index in [2.05, 4.69) is 9.88 Å². The molecular weight excluding hydrogens is 503 g/mol. The van der Waals surface area contributed by atoms with Gasteiger partial charge in [0.25, 0.3) is 0 Å². The lowest BCUT2D eigenvalue weighted by Gasteiger charge is -2.38. The first-order chi connectivity index (χ1) is 17.4. The third-order valence-electron chi connectivity index (χ3n) is 6.81. The number of nitrogens with zero attached hydrogens (tertiary/aromatic N) is 3. The van der Waals surface area contributed by atoms with E-state index < -0.39 is 17.3 Å². The Bertz CT molecular complexity index is 1330. The van der Waals surface area contributed by atoms with E-state index in [0.717, 1.165) is 16.8 Å². The molecule has 2 aromatic heterocycles. The second-order valence-electron chi connectivity index (χ2n) is 10.6. The fraction of sp³-hybridized carbons (Fsp3) is 0.481. The highest BCUT2D eigenvalue weighted by molar-refractivity contribution is 7.19. The number of hydrogen-bond acceptors (Lipinski definition) is 6. The second-order valence-corrected chi connectivity index (χ2v) is 11.8. The molecule has 0 bridgehead atoms. The van der Waals surface area contributed by atoms with Gasteiger partial charge in [-0.3, -0.25) is 4.98 Å². The van der Waals surface area contributed by atoms with Gasteiger partial charge in [0.1, 0.15) is 5.60 Å². The molecule has 1 fully saturated rings. The second kappa shape index (κ2) is 9.47. The zero-order chi connectivity index (χ0) is 26.5. The Kier molecular flexibility index (Phi) is 6.60. The average molecular weight is 534 g/mol. The molecule has 0 spiro atoms. The van der Waals surface area contributed by atoms with Crippen molar-refractivity contribution in [1.82, 2.24) is 9.88 Å². The molecule has 1 amide bonds. The number of carbonyl (C=O) groups excluding carboxylic acids is 1. The number of benzene rings is 1. The van der Waals surface area contributed by atoms with E-state index in [0.29, 0.717) is 59.6 Å². The van der Waals surface area contributed by atoms with E-state index in [1.54, 1.807) is 23.2 Å². The Balaban J connectivity index is 1.60. The molecule has 198 valence electrons. The molecule has 37 heavy (non-hydrogen) atoms. The van der Waals surface area contributed by atoms with Crippen LogP contribution in [-0.2, 0) is 23.9 Å². The number of fused-ring (bicyclic) bond motifs is 2. The van der Waals surface area contributed by atoms with Crippen molar-refractivity contribution in [3.63, 3.8) is 0 Å². The minimum Gasteiger partial charge on any atom is -0.444 e. The Morgan fingerprint density at radius 2 is 1.97 bits per heavy atom. The third kappa shape index (κ3) is 5.13. The van der Waals surface area contributed by atoms with Crippen LogP contribution in [0.3, 0.4) is 0 Å². The third-order valence-corrected chi connectivity index (χ3v) is 7.96. The highest BCUT2D eigenvalue weighted by Gasteiger charge is 2.38. The van der Waals surface area contributed by atoms with Gasteiger partial charge in [-0.1, -0.05) is 0 Å². The Hall–Kier alpha value is -2.85. The number of aliphatic hydroxyl groups excluding tert-OH is 1. The van der Waals surface area contributed by atoms with E-state index in [4.69, 9.17) is 4.74 Å². The van der Waals surface area contributed by atoms with Crippen molar-refractivity contribution in [3.8, 4) is 11.1 Å². The molecular formula is C27H30F3N3O3S. The molecule has 6 nitrogen and oxygen atoms in total. The average Bonchev–Trinajstić information content (AvgIpc) is 3.48. The number of aromatic nitrogens is 1. The predicted molar refractivity (Wildman–Crippen MR) is 138 cm³/mol. The molecule has 10 heteroatoms. The number of ether oxygens (including phenoxy) is 1. The van der Waals surface area contributed by atoms with Crippen molar-refractivity contribution in [2.24, 2.45) is 0 Å². The molecule has 0 aliphatic carbocycles. The molecule has 0 unspecified atom stereocenters. The van der Waals surface area contributed by atoms with Crippen LogP contribution in [0.5, 0.6) is 0 Å². The maximum Gasteiger partial charge on any atom is 0.416 e. The van der Waals surface area contributed by atoms with Gasteiger partial charge in [0, 0.05) is 53.6 Å². The van der Waals surface area contributed by atoms with Gasteiger partial charge in [-0.15, -0.1) is 11.3 Å². The summed E-state index contributed by atoms with van der Waals surface area (Å²) in [5.74, 6) is 0. The number of thiophene rings is 1. The molecule has 1 saturated heterocycles. The van der Waals surface area contributed by atoms with E-state index in [-0.39, 0.29) is 18.7 Å². The Morgan fingerprint density at radius 1 is 1.19 bits per heavy atom. The summed E-state index contributed by atoms with van der Waals surface area (Å²) in [6, 6.07) is 6.01. The van der Waals surface area contributed by atoms with Gasteiger partial charge in [-0.2, -0.15) is 13.2 Å². The number of aryl methyl sites for hydroxylation is 1. The Morgan fingerprint density at radius 3 is 2.68 bits per heavy atom. The zero-order valence-corrected chi connectivity index (χ0v) is 21.9. The van der Waals surface area contributed by atoms with Crippen molar-refractivity contribution in [2.75, 3.05) is 24.5 Å². The van der Waals surface area contributed by atoms with Crippen LogP contribution in [0.2, 0.25) is 0 Å². The number of amides is 1. The predicted octanol–water partition coefficient (Wildman–Crippen LogP) is 6.24. The highest BCUT2D eigenvalue weighted by atomic mass is 32.1. The van der Waals surface area contributed by atoms with Gasteiger partial charge in [0.2, 0.25) is 0 Å². The van der Waals surface area contributed by atoms with Gasteiger partial charge in [0.15, 0.2) is 0 Å². The number of alkyl halides is 3. The summed E-state index contributed by atoms with van der Waals surface area (Å²) in [5, 5.41) is 9.65. The van der Waals surface area contributed by atoms with Crippen molar-refractivity contribution in [2.45, 2.75) is 64.5 Å². The molecule has 0 saturated carbocycles. The minimum absolute atomic E-state index is 0.0317. The highest BCUT2D eigenvalue weighted by Crippen LogP contribution is 2.46. The molecule has 5 rings (SSSR count). The van der Waals surface area contributed by atoms with Gasteiger partial charge >= 0.3 is 12.3 Å². The van der Waals surface area contributed by atoms with Gasteiger partial charge < -0.3 is 19.6 Å². The number of pyridine rings is 1. The number of rotatable bonds is 3. The lowest BCUT2D eigenvalue weighted by Crippen LogP contribution is -2.43. The maximum absolute atomic E-state index is 14.0. The normalized spacial score (nSPS) is 18.4. The summed E-state index contributed by atoms with van der Waals surface area (Å²) in [4.78, 5) is 21.6. The zero-order valence-electron chi connectivity index (χ0n) is 21.1. The van der Waals surface area contributed by atoms with Gasteiger partial charge in [-0.05, 0) is 69.9 Å². The fourth-order valence-corrected chi connectivity index (χ4v) is 6.28. The van der Waals surface area contributed by atoms with Gasteiger partial charge in [-0.25, -0.2) is 4.79 Å². The number of anilines is 1. The molecule has 4 heterocycles. The number of aliphatic hydroxyl groups is 1. The van der Waals surface area contributed by atoms with Crippen LogP contribution in [0, 0.1) is 0 Å². The van der Waals surface area contributed by atoms with Crippen LogP contribution >= 0.6 is 11.3 Å². The number of hydrogen-bond donors (Lipinski definition) is 1. The topological polar surface area (TPSA) is 65.9 Å². The molecule has 1 N–H and O–H groups in total. The van der Waals surface area contributed by atoms with E-state index in [1.165, 1.54) is 23.5 Å². The Labute approximate surface area is 217 Å². The monoisotopic (exact) mass is 533 g/mol. The molecule has 1 atom stereocenters. The van der Waals surface area contributed by atoms with Crippen LogP contribution in [0.4, 0.5) is 23.7 Å². The lowest BCUT2D eigenvalue weighted by molar-refractivity contribution is -0.137. The first-order valence-corrected chi connectivity index (χ1v) is 13.2. The van der Waals surface area contributed by atoms with E-state index >= 15 is 0 Å². The molecule has 2 aliphatic rings. The van der Waals surface area contributed by atoms with Crippen molar-refractivity contribution in [3.05, 3.63) is 46.5 Å². The van der Waals surface area contributed by atoms with E-state index in [9.17, 15) is 23.1 Å². The quantitative estimate of drug-likeness (QED) is 0.432. The smallest absolute Gasteiger partial charge is 0.416 e. The molecule has 3 aromatic rings. The molecule has 0 radical (unpaired) electrons. The number of halogens is 3. The summed E-state index contributed by atoms with van der Waals surface area (Å²) in [7, 11) is 0. The summed E-state index contributed by atoms with van der Waals surface area (Å²) >= 11 is 1.34.